The second-order valence-electron chi connectivity index (χ2n) is 8.87. The molecule has 0 spiro atoms. The fourth-order valence-electron chi connectivity index (χ4n) is 3.52. The molecule has 0 fully saturated rings. The van der Waals surface area contributed by atoms with Crippen molar-refractivity contribution in [3.8, 4) is 0 Å². The Morgan fingerprint density at radius 3 is 2.27 bits per heavy atom. The maximum Gasteiger partial charge on any atom is 0.408 e. The zero-order valence-corrected chi connectivity index (χ0v) is 18.2. The Balaban J connectivity index is 1.99. The van der Waals surface area contributed by atoms with E-state index in [2.05, 4.69) is 22.8 Å². The van der Waals surface area contributed by atoms with Crippen LogP contribution >= 0.6 is 0 Å². The van der Waals surface area contributed by atoms with E-state index in [0.29, 0.717) is 0 Å². The number of hydrogen-bond acceptors (Lipinski definition) is 3. The predicted molar refractivity (Wildman–Crippen MR) is 120 cm³/mol. The Morgan fingerprint density at radius 2 is 1.60 bits per heavy atom. The fraction of sp³-hybridized carbons (Fsp3) is 0.360. The molecule has 2 aromatic carbocycles. The van der Waals surface area contributed by atoms with Crippen molar-refractivity contribution >= 4 is 23.8 Å². The van der Waals surface area contributed by atoms with Crippen LogP contribution in [0.25, 0.3) is 6.08 Å². The molecule has 0 aliphatic heterocycles. The van der Waals surface area contributed by atoms with Gasteiger partial charge < -0.3 is 15.4 Å². The Labute approximate surface area is 178 Å². The van der Waals surface area contributed by atoms with Gasteiger partial charge in [0.15, 0.2) is 0 Å². The van der Waals surface area contributed by atoms with Crippen LogP contribution in [-0.4, -0.2) is 17.6 Å². The largest absolute Gasteiger partial charge is 0.444 e. The summed E-state index contributed by atoms with van der Waals surface area (Å²) in [4.78, 5) is 25.0. The molecule has 0 heterocycles. The van der Waals surface area contributed by atoms with Gasteiger partial charge in [-0.3, -0.25) is 4.79 Å². The van der Waals surface area contributed by atoms with E-state index in [4.69, 9.17) is 4.74 Å². The molecule has 0 bridgehead atoms. The second-order valence-corrected chi connectivity index (χ2v) is 8.87. The lowest BCUT2D eigenvalue weighted by Gasteiger charge is -2.33. The normalized spacial score (nSPS) is 17.9. The van der Waals surface area contributed by atoms with Crippen LogP contribution in [0, 0.1) is 5.92 Å². The van der Waals surface area contributed by atoms with Crippen molar-refractivity contribution in [2.75, 3.05) is 5.32 Å². The standard InChI is InChI=1S/C25H30N2O3/c1-16(2)23(28)26-21-13-9-8-12-19(21)20-15-14-17-10-6-7-11-18(17)22(20)27-24(29)30-25(3,4)5/h6-16,20,22H,1-5H3,(H,26,28)(H,27,29)/t20-,22-/m1/s1. The first-order chi connectivity index (χ1) is 14.2. The van der Waals surface area contributed by atoms with Crippen LogP contribution in [0.3, 0.4) is 0 Å². The topological polar surface area (TPSA) is 67.4 Å². The van der Waals surface area contributed by atoms with Crippen molar-refractivity contribution < 1.29 is 14.3 Å². The number of anilines is 1. The molecule has 0 aromatic heterocycles. The number of carbonyl (C=O) groups is 2. The maximum atomic E-state index is 12.6. The molecule has 5 heteroatoms. The van der Waals surface area contributed by atoms with Crippen LogP contribution in [0.1, 0.15) is 63.3 Å². The number of nitrogens with one attached hydrogen (secondary N) is 2. The highest BCUT2D eigenvalue weighted by atomic mass is 16.6. The van der Waals surface area contributed by atoms with Gasteiger partial charge in [-0.25, -0.2) is 4.79 Å². The zero-order valence-electron chi connectivity index (χ0n) is 18.2. The van der Waals surface area contributed by atoms with Crippen LogP contribution in [0.4, 0.5) is 10.5 Å². The van der Waals surface area contributed by atoms with Gasteiger partial charge in [0.25, 0.3) is 0 Å². The van der Waals surface area contributed by atoms with E-state index in [1.165, 1.54) is 0 Å². The summed E-state index contributed by atoms with van der Waals surface area (Å²) < 4.78 is 5.52. The summed E-state index contributed by atoms with van der Waals surface area (Å²) in [5.74, 6) is -0.327. The third-order valence-corrected chi connectivity index (χ3v) is 4.95. The Morgan fingerprint density at radius 1 is 0.967 bits per heavy atom. The molecular formula is C25H30N2O3. The van der Waals surface area contributed by atoms with Gasteiger partial charge in [-0.1, -0.05) is 68.5 Å². The molecule has 30 heavy (non-hydrogen) atoms. The smallest absolute Gasteiger partial charge is 0.408 e. The average Bonchev–Trinajstić information content (AvgIpc) is 2.67. The molecule has 2 atom stereocenters. The molecule has 0 radical (unpaired) electrons. The quantitative estimate of drug-likeness (QED) is 0.689. The molecule has 2 N–H and O–H groups in total. The van der Waals surface area contributed by atoms with Gasteiger partial charge in [-0.05, 0) is 43.5 Å². The highest BCUT2D eigenvalue weighted by Gasteiger charge is 2.32. The number of para-hydroxylation sites is 1. The summed E-state index contributed by atoms with van der Waals surface area (Å²) in [7, 11) is 0. The van der Waals surface area contributed by atoms with Gasteiger partial charge in [0, 0.05) is 17.5 Å². The molecular weight excluding hydrogens is 376 g/mol. The summed E-state index contributed by atoms with van der Waals surface area (Å²) >= 11 is 0. The number of carbonyl (C=O) groups excluding carboxylic acids is 2. The minimum absolute atomic E-state index is 0.0423. The molecule has 0 saturated heterocycles. The number of benzene rings is 2. The Hall–Kier alpha value is -3.08. The summed E-state index contributed by atoms with van der Waals surface area (Å²) in [5, 5.41) is 6.08. The average molecular weight is 407 g/mol. The van der Waals surface area contributed by atoms with E-state index >= 15 is 0 Å². The lowest BCUT2D eigenvalue weighted by molar-refractivity contribution is -0.118. The number of amides is 2. The van der Waals surface area contributed by atoms with Gasteiger partial charge in [0.1, 0.15) is 5.60 Å². The molecule has 1 aliphatic carbocycles. The molecule has 0 unspecified atom stereocenters. The van der Waals surface area contributed by atoms with Crippen LogP contribution in [0.15, 0.2) is 54.6 Å². The molecule has 2 amide bonds. The van der Waals surface area contributed by atoms with Crippen molar-refractivity contribution in [1.82, 2.24) is 5.32 Å². The highest BCUT2D eigenvalue weighted by Crippen LogP contribution is 2.41. The van der Waals surface area contributed by atoms with Gasteiger partial charge in [0.05, 0.1) is 6.04 Å². The van der Waals surface area contributed by atoms with Gasteiger partial charge in [-0.2, -0.15) is 0 Å². The third-order valence-electron chi connectivity index (χ3n) is 4.95. The fourth-order valence-corrected chi connectivity index (χ4v) is 3.52. The number of hydrogen-bond donors (Lipinski definition) is 2. The van der Waals surface area contributed by atoms with E-state index in [-0.39, 0.29) is 23.8 Å². The highest BCUT2D eigenvalue weighted by molar-refractivity contribution is 5.93. The first-order valence-electron chi connectivity index (χ1n) is 10.3. The predicted octanol–water partition coefficient (Wildman–Crippen LogP) is 5.66. The van der Waals surface area contributed by atoms with Crippen LogP contribution in [0.5, 0.6) is 0 Å². The first-order valence-corrected chi connectivity index (χ1v) is 10.3. The van der Waals surface area contributed by atoms with Crippen molar-refractivity contribution in [2.45, 2.75) is 52.2 Å². The SMILES string of the molecule is CC(C)C(=O)Nc1ccccc1[C@H]1C=Cc2ccccc2[C@H]1NC(=O)OC(C)(C)C. The number of fused-ring (bicyclic) bond motifs is 1. The van der Waals surface area contributed by atoms with Crippen LogP contribution < -0.4 is 10.6 Å². The van der Waals surface area contributed by atoms with Crippen molar-refractivity contribution in [2.24, 2.45) is 5.92 Å². The molecule has 158 valence electrons. The monoisotopic (exact) mass is 406 g/mol. The number of alkyl carbamates (subject to hydrolysis) is 1. The summed E-state index contributed by atoms with van der Waals surface area (Å²) in [5.41, 5.74) is 3.17. The van der Waals surface area contributed by atoms with Crippen molar-refractivity contribution in [3.63, 3.8) is 0 Å². The first kappa shape index (κ1) is 21.6. The van der Waals surface area contributed by atoms with Gasteiger partial charge >= 0.3 is 6.09 Å². The second kappa shape index (κ2) is 8.74. The molecule has 2 aromatic rings. The lowest BCUT2D eigenvalue weighted by atomic mass is 9.80. The minimum atomic E-state index is -0.591. The van der Waals surface area contributed by atoms with Crippen LogP contribution in [-0.2, 0) is 9.53 Å². The van der Waals surface area contributed by atoms with Gasteiger partial charge in [-0.15, -0.1) is 0 Å². The minimum Gasteiger partial charge on any atom is -0.444 e. The van der Waals surface area contributed by atoms with Crippen LogP contribution in [0.2, 0.25) is 0 Å². The molecule has 3 rings (SSSR count). The van der Waals surface area contributed by atoms with E-state index < -0.39 is 11.7 Å². The van der Waals surface area contributed by atoms with Crippen molar-refractivity contribution in [1.29, 1.82) is 0 Å². The molecule has 1 aliphatic rings. The van der Waals surface area contributed by atoms with Crippen molar-refractivity contribution in [3.05, 3.63) is 71.3 Å². The maximum absolute atomic E-state index is 12.6. The summed E-state index contributed by atoms with van der Waals surface area (Å²) in [6, 6.07) is 15.4. The van der Waals surface area contributed by atoms with E-state index in [0.717, 1.165) is 22.4 Å². The summed E-state index contributed by atoms with van der Waals surface area (Å²) in [6.45, 7) is 9.25. The lowest BCUT2D eigenvalue weighted by Crippen LogP contribution is -2.38. The van der Waals surface area contributed by atoms with E-state index in [1.807, 2.05) is 83.1 Å². The zero-order chi connectivity index (χ0) is 21.9. The number of rotatable bonds is 4. The Bertz CT molecular complexity index is 957. The molecule has 5 nitrogen and oxygen atoms in total. The number of ether oxygens (including phenoxy) is 1. The Kier molecular flexibility index (Phi) is 6.30. The third kappa shape index (κ3) is 5.09. The van der Waals surface area contributed by atoms with E-state index in [9.17, 15) is 9.59 Å². The van der Waals surface area contributed by atoms with Gasteiger partial charge in [0.2, 0.25) is 5.91 Å². The summed E-state index contributed by atoms with van der Waals surface area (Å²) in [6.07, 6.45) is 3.67. The van der Waals surface area contributed by atoms with E-state index in [1.54, 1.807) is 0 Å². The molecule has 0 saturated carbocycles.